The molecule has 2 nitrogen and oxygen atoms in total. The minimum atomic E-state index is 0.568. The molecule has 3 heteroatoms. The molecular formula is C16H21ClO2. The molecular weight excluding hydrogens is 260 g/mol. The van der Waals surface area contributed by atoms with Gasteiger partial charge in [-0.3, -0.25) is 0 Å². The normalized spacial score (nSPS) is 9.79. The van der Waals surface area contributed by atoms with Crippen LogP contribution in [-0.2, 0) is 4.74 Å². The highest BCUT2D eigenvalue weighted by atomic mass is 35.5. The predicted octanol–water partition coefficient (Wildman–Crippen LogP) is 3.86. The second-order valence-corrected chi connectivity index (χ2v) is 4.46. The maximum Gasteiger partial charge on any atom is 0.120 e. The van der Waals surface area contributed by atoms with Gasteiger partial charge in [-0.2, -0.15) is 0 Å². The van der Waals surface area contributed by atoms with Crippen molar-refractivity contribution < 1.29 is 9.47 Å². The van der Waals surface area contributed by atoms with Crippen LogP contribution >= 0.6 is 11.6 Å². The third kappa shape index (κ3) is 7.77. The second-order valence-electron chi connectivity index (χ2n) is 4.08. The van der Waals surface area contributed by atoms with Crippen LogP contribution in [0.3, 0.4) is 0 Å². The number of halogens is 1. The van der Waals surface area contributed by atoms with Crippen LogP contribution in [-0.4, -0.2) is 25.7 Å². The molecule has 0 atom stereocenters. The van der Waals surface area contributed by atoms with Crippen LogP contribution in [0.5, 0.6) is 5.75 Å². The molecule has 0 saturated carbocycles. The summed E-state index contributed by atoms with van der Waals surface area (Å²) < 4.78 is 11.1. The average Bonchev–Trinajstić information content (AvgIpc) is 2.43. The molecule has 0 spiro atoms. The number of unbranched alkanes of at least 4 members (excludes halogenated alkanes) is 1. The van der Waals surface area contributed by atoms with Gasteiger partial charge in [-0.1, -0.05) is 31.3 Å². The number of hydrogen-bond donors (Lipinski definition) is 0. The quantitative estimate of drug-likeness (QED) is 0.409. The summed E-state index contributed by atoms with van der Waals surface area (Å²) in [6.07, 6.45) is 2.97. The van der Waals surface area contributed by atoms with Crippen molar-refractivity contribution in [3.8, 4) is 17.6 Å². The molecule has 0 unspecified atom stereocenters. The van der Waals surface area contributed by atoms with Gasteiger partial charge >= 0.3 is 0 Å². The maximum atomic E-state index is 5.61. The number of benzene rings is 1. The molecule has 1 rings (SSSR count). The van der Waals surface area contributed by atoms with E-state index in [9.17, 15) is 0 Å². The van der Waals surface area contributed by atoms with Crippen molar-refractivity contribution in [1.29, 1.82) is 0 Å². The summed E-state index contributed by atoms with van der Waals surface area (Å²) >= 11 is 5.58. The van der Waals surface area contributed by atoms with E-state index in [0.717, 1.165) is 30.8 Å². The first-order chi connectivity index (χ1) is 9.36. The highest BCUT2D eigenvalue weighted by Crippen LogP contribution is 2.12. The van der Waals surface area contributed by atoms with Gasteiger partial charge in [0.15, 0.2) is 0 Å². The second kappa shape index (κ2) is 10.7. The Morgan fingerprint density at radius 1 is 1.21 bits per heavy atom. The Bertz CT molecular complexity index is 407. The highest BCUT2D eigenvalue weighted by Gasteiger charge is 1.95. The van der Waals surface area contributed by atoms with Crippen LogP contribution in [0.4, 0.5) is 0 Å². The Morgan fingerprint density at radius 2 is 2.11 bits per heavy atom. The van der Waals surface area contributed by atoms with Gasteiger partial charge in [-0.15, -0.1) is 11.6 Å². The fourth-order valence-corrected chi connectivity index (χ4v) is 1.54. The zero-order valence-electron chi connectivity index (χ0n) is 11.5. The fourth-order valence-electron chi connectivity index (χ4n) is 1.44. The van der Waals surface area contributed by atoms with Crippen LogP contribution in [0.1, 0.15) is 31.7 Å². The third-order valence-corrected chi connectivity index (χ3v) is 2.61. The van der Waals surface area contributed by atoms with E-state index in [1.807, 2.05) is 24.3 Å². The van der Waals surface area contributed by atoms with E-state index in [1.54, 1.807) is 0 Å². The van der Waals surface area contributed by atoms with E-state index < -0.39 is 0 Å². The van der Waals surface area contributed by atoms with Gasteiger partial charge in [0.2, 0.25) is 0 Å². The van der Waals surface area contributed by atoms with E-state index in [4.69, 9.17) is 21.1 Å². The topological polar surface area (TPSA) is 18.5 Å². The van der Waals surface area contributed by atoms with Gasteiger partial charge in [-0.05, 0) is 24.6 Å². The van der Waals surface area contributed by atoms with Gasteiger partial charge in [0.05, 0.1) is 6.61 Å². The molecule has 0 amide bonds. The smallest absolute Gasteiger partial charge is 0.120 e. The molecule has 1 aromatic rings. The van der Waals surface area contributed by atoms with Crippen LogP contribution < -0.4 is 4.74 Å². The van der Waals surface area contributed by atoms with Crippen molar-refractivity contribution in [2.75, 3.05) is 25.7 Å². The Morgan fingerprint density at radius 3 is 2.89 bits per heavy atom. The summed E-state index contributed by atoms with van der Waals surface area (Å²) in [5.41, 5.74) is 0.953. The number of ether oxygens (including phenoxy) is 2. The van der Waals surface area contributed by atoms with E-state index in [0.29, 0.717) is 25.5 Å². The average molecular weight is 281 g/mol. The molecule has 0 bridgehead atoms. The summed E-state index contributed by atoms with van der Waals surface area (Å²) in [5.74, 6) is 7.46. The molecule has 104 valence electrons. The van der Waals surface area contributed by atoms with E-state index in [-0.39, 0.29) is 0 Å². The first-order valence-corrected chi connectivity index (χ1v) is 7.25. The molecule has 0 heterocycles. The Balaban J connectivity index is 2.30. The van der Waals surface area contributed by atoms with Crippen LogP contribution in [0.15, 0.2) is 24.3 Å². The monoisotopic (exact) mass is 280 g/mol. The van der Waals surface area contributed by atoms with Crippen LogP contribution in [0, 0.1) is 11.8 Å². The number of alkyl halides is 1. The number of rotatable bonds is 8. The maximum absolute atomic E-state index is 5.61. The third-order valence-electron chi connectivity index (χ3n) is 2.42. The lowest BCUT2D eigenvalue weighted by Crippen LogP contribution is -2.07. The molecule has 0 aliphatic carbocycles. The standard InChI is InChI=1S/C16H21ClO2/c1-2-3-11-18-12-13-19-16-9-6-8-15(14-16)7-4-5-10-17/h6,8-9,14H,2-3,5,10-13H2,1H3. The predicted molar refractivity (Wildman–Crippen MR) is 79.9 cm³/mol. The first kappa shape index (κ1) is 15.9. The Hall–Kier alpha value is -1.17. The van der Waals surface area contributed by atoms with Crippen molar-refractivity contribution in [2.24, 2.45) is 0 Å². The fraction of sp³-hybridized carbons (Fsp3) is 0.500. The molecule has 0 aliphatic heterocycles. The molecule has 0 N–H and O–H groups in total. The molecule has 0 radical (unpaired) electrons. The van der Waals surface area contributed by atoms with Gasteiger partial charge in [0.1, 0.15) is 12.4 Å². The zero-order valence-corrected chi connectivity index (χ0v) is 12.2. The Kier molecular flexibility index (Phi) is 8.97. The van der Waals surface area contributed by atoms with Crippen LogP contribution in [0.25, 0.3) is 0 Å². The zero-order chi connectivity index (χ0) is 13.8. The summed E-state index contributed by atoms with van der Waals surface area (Å²) in [6.45, 7) is 4.16. The molecule has 1 aromatic carbocycles. The highest BCUT2D eigenvalue weighted by molar-refractivity contribution is 6.18. The van der Waals surface area contributed by atoms with Gasteiger partial charge in [0, 0.05) is 24.5 Å². The van der Waals surface area contributed by atoms with Crippen molar-refractivity contribution in [1.82, 2.24) is 0 Å². The van der Waals surface area contributed by atoms with E-state index in [1.165, 1.54) is 0 Å². The summed E-state index contributed by atoms with van der Waals surface area (Å²) in [6, 6.07) is 7.77. The van der Waals surface area contributed by atoms with Crippen molar-refractivity contribution in [3.05, 3.63) is 29.8 Å². The lowest BCUT2D eigenvalue weighted by molar-refractivity contribution is 0.0980. The van der Waals surface area contributed by atoms with Gasteiger partial charge < -0.3 is 9.47 Å². The van der Waals surface area contributed by atoms with Crippen molar-refractivity contribution in [3.63, 3.8) is 0 Å². The molecule has 0 aromatic heterocycles. The van der Waals surface area contributed by atoms with Gasteiger partial charge in [0.25, 0.3) is 0 Å². The van der Waals surface area contributed by atoms with Gasteiger partial charge in [-0.25, -0.2) is 0 Å². The lowest BCUT2D eigenvalue weighted by atomic mass is 10.2. The van der Waals surface area contributed by atoms with Crippen LogP contribution in [0.2, 0.25) is 0 Å². The number of hydrogen-bond acceptors (Lipinski definition) is 2. The molecule has 0 aliphatic rings. The molecule has 19 heavy (non-hydrogen) atoms. The lowest BCUT2D eigenvalue weighted by Gasteiger charge is -2.07. The minimum Gasteiger partial charge on any atom is -0.491 e. The first-order valence-electron chi connectivity index (χ1n) is 6.72. The van der Waals surface area contributed by atoms with E-state index >= 15 is 0 Å². The molecule has 0 saturated heterocycles. The summed E-state index contributed by atoms with van der Waals surface area (Å²) in [7, 11) is 0. The SMILES string of the molecule is CCCCOCCOc1cccc(C#CCCCl)c1. The van der Waals surface area contributed by atoms with E-state index in [2.05, 4.69) is 18.8 Å². The summed E-state index contributed by atoms with van der Waals surface area (Å²) in [4.78, 5) is 0. The largest absolute Gasteiger partial charge is 0.491 e. The van der Waals surface area contributed by atoms with Crippen molar-refractivity contribution >= 4 is 11.6 Å². The Labute approximate surface area is 121 Å². The minimum absolute atomic E-state index is 0.568. The summed E-state index contributed by atoms with van der Waals surface area (Å²) in [5, 5.41) is 0. The molecule has 0 fully saturated rings. The van der Waals surface area contributed by atoms with Crippen molar-refractivity contribution in [2.45, 2.75) is 26.2 Å².